The number of sulfonamides is 1. The lowest BCUT2D eigenvalue weighted by Gasteiger charge is -2.19. The molecule has 0 radical (unpaired) electrons. The van der Waals surface area contributed by atoms with Crippen LogP contribution in [0, 0.1) is 0 Å². The first-order valence-electron chi connectivity index (χ1n) is 4.82. The van der Waals surface area contributed by atoms with Crippen molar-refractivity contribution in [3.63, 3.8) is 0 Å². The van der Waals surface area contributed by atoms with Crippen LogP contribution in [0.4, 0.5) is 0 Å². The van der Waals surface area contributed by atoms with Crippen molar-refractivity contribution in [3.05, 3.63) is 12.3 Å². The van der Waals surface area contributed by atoms with Crippen molar-refractivity contribution < 1.29 is 8.42 Å². The zero-order valence-electron chi connectivity index (χ0n) is 8.68. The number of nitrogens with one attached hydrogen (secondary N) is 1. The largest absolute Gasteiger partial charge is 0.329 e. The Morgan fingerprint density at radius 2 is 2.27 bits per heavy atom. The second-order valence-electron chi connectivity index (χ2n) is 3.11. The highest BCUT2D eigenvalue weighted by molar-refractivity contribution is 7.89. The fourth-order valence-electron chi connectivity index (χ4n) is 1.27. The third-order valence-corrected chi connectivity index (χ3v) is 3.77. The van der Waals surface area contributed by atoms with Gasteiger partial charge in [-0.1, -0.05) is 6.92 Å². The Labute approximate surface area is 89.5 Å². The summed E-state index contributed by atoms with van der Waals surface area (Å²) in [5, 5.41) is 6.20. The third kappa shape index (κ3) is 2.77. The normalized spacial score (nSPS) is 12.2. The lowest BCUT2D eigenvalue weighted by Crippen LogP contribution is -2.36. The molecule has 0 saturated heterocycles. The molecule has 0 aliphatic heterocycles. The van der Waals surface area contributed by atoms with E-state index in [1.807, 2.05) is 6.92 Å². The van der Waals surface area contributed by atoms with E-state index in [-0.39, 0.29) is 5.03 Å². The van der Waals surface area contributed by atoms with Crippen molar-refractivity contribution in [2.45, 2.75) is 18.4 Å². The van der Waals surface area contributed by atoms with Gasteiger partial charge in [0, 0.05) is 19.6 Å². The van der Waals surface area contributed by atoms with Gasteiger partial charge >= 0.3 is 0 Å². The fraction of sp³-hybridized carbons (Fsp3) is 0.625. The maximum absolute atomic E-state index is 12.0. The average Bonchev–Trinajstić information content (AvgIpc) is 2.70. The summed E-state index contributed by atoms with van der Waals surface area (Å²) in [7, 11) is -3.45. The monoisotopic (exact) mass is 232 g/mol. The number of hydrogen-bond donors (Lipinski definition) is 2. The van der Waals surface area contributed by atoms with Gasteiger partial charge in [0.2, 0.25) is 0 Å². The van der Waals surface area contributed by atoms with Crippen LogP contribution in [0.1, 0.15) is 13.3 Å². The van der Waals surface area contributed by atoms with Crippen LogP contribution in [0.15, 0.2) is 17.3 Å². The van der Waals surface area contributed by atoms with Gasteiger partial charge in [-0.05, 0) is 12.5 Å². The van der Waals surface area contributed by atoms with Crippen LogP contribution in [0.3, 0.4) is 0 Å². The number of hydrogen-bond acceptors (Lipinski definition) is 4. The van der Waals surface area contributed by atoms with E-state index in [0.29, 0.717) is 19.6 Å². The maximum atomic E-state index is 12.0. The Morgan fingerprint density at radius 1 is 1.53 bits per heavy atom. The van der Waals surface area contributed by atoms with E-state index in [1.54, 1.807) is 0 Å². The van der Waals surface area contributed by atoms with Crippen molar-refractivity contribution in [2.75, 3.05) is 19.6 Å². The van der Waals surface area contributed by atoms with Gasteiger partial charge in [-0.25, -0.2) is 8.42 Å². The second-order valence-corrected chi connectivity index (χ2v) is 5.02. The summed E-state index contributed by atoms with van der Waals surface area (Å²) in [5.41, 5.74) is 5.38. The summed E-state index contributed by atoms with van der Waals surface area (Å²) >= 11 is 0. The minimum Gasteiger partial charge on any atom is -0.329 e. The minimum absolute atomic E-state index is 0.115. The van der Waals surface area contributed by atoms with Gasteiger partial charge < -0.3 is 5.73 Å². The Bertz CT molecular complexity index is 367. The number of rotatable bonds is 6. The molecule has 0 unspecified atom stereocenters. The van der Waals surface area contributed by atoms with Crippen LogP contribution in [0.2, 0.25) is 0 Å². The first kappa shape index (κ1) is 12.2. The molecule has 6 nitrogen and oxygen atoms in total. The molecule has 0 aliphatic rings. The van der Waals surface area contributed by atoms with E-state index in [1.165, 1.54) is 16.6 Å². The smallest absolute Gasteiger partial charge is 0.260 e. The molecule has 0 aliphatic carbocycles. The van der Waals surface area contributed by atoms with E-state index >= 15 is 0 Å². The lowest BCUT2D eigenvalue weighted by atomic mass is 10.5. The highest BCUT2D eigenvalue weighted by atomic mass is 32.2. The third-order valence-electron chi connectivity index (χ3n) is 1.94. The highest BCUT2D eigenvalue weighted by Crippen LogP contribution is 2.11. The Kier molecular flexibility index (Phi) is 4.25. The van der Waals surface area contributed by atoms with Crippen molar-refractivity contribution in [2.24, 2.45) is 5.73 Å². The molecule has 0 saturated carbocycles. The van der Waals surface area contributed by atoms with E-state index < -0.39 is 10.0 Å². The van der Waals surface area contributed by atoms with Crippen molar-refractivity contribution in [3.8, 4) is 0 Å². The van der Waals surface area contributed by atoms with Crippen LogP contribution in [0.25, 0.3) is 0 Å². The predicted molar refractivity (Wildman–Crippen MR) is 56.7 cm³/mol. The quantitative estimate of drug-likeness (QED) is 0.708. The Balaban J connectivity index is 2.91. The Hall–Kier alpha value is -0.920. The number of aromatic nitrogens is 2. The molecule has 0 spiro atoms. The standard InChI is InChI=1S/C8H16N4O2S/c1-2-6-12(7-4-9)15(13,14)8-3-5-10-11-8/h3,5H,2,4,6-7,9H2,1H3,(H,10,11). The summed E-state index contributed by atoms with van der Waals surface area (Å²) in [4.78, 5) is 0. The summed E-state index contributed by atoms with van der Waals surface area (Å²) in [6.45, 7) is 3.03. The molecule has 1 aromatic heterocycles. The molecule has 1 rings (SSSR count). The first-order valence-corrected chi connectivity index (χ1v) is 6.26. The van der Waals surface area contributed by atoms with Gasteiger partial charge in [0.25, 0.3) is 10.0 Å². The molecule has 1 aromatic rings. The summed E-state index contributed by atoms with van der Waals surface area (Å²) < 4.78 is 25.3. The molecule has 7 heteroatoms. The maximum Gasteiger partial charge on any atom is 0.260 e. The second kappa shape index (κ2) is 5.24. The number of H-pyrrole nitrogens is 1. The van der Waals surface area contributed by atoms with Gasteiger partial charge in [-0.15, -0.1) is 0 Å². The highest BCUT2D eigenvalue weighted by Gasteiger charge is 2.23. The molecule has 0 bridgehead atoms. The molecule has 15 heavy (non-hydrogen) atoms. The van der Waals surface area contributed by atoms with Crippen LogP contribution >= 0.6 is 0 Å². The van der Waals surface area contributed by atoms with Crippen molar-refractivity contribution in [1.82, 2.24) is 14.5 Å². The molecule has 86 valence electrons. The molecule has 0 fully saturated rings. The zero-order chi connectivity index (χ0) is 11.3. The lowest BCUT2D eigenvalue weighted by molar-refractivity contribution is 0.416. The molecule has 3 N–H and O–H groups in total. The molecule has 1 heterocycles. The molecular formula is C8H16N4O2S. The predicted octanol–water partition coefficient (Wildman–Crippen LogP) is -0.231. The molecular weight excluding hydrogens is 216 g/mol. The fourth-order valence-corrected chi connectivity index (χ4v) is 2.72. The van der Waals surface area contributed by atoms with E-state index in [0.717, 1.165) is 6.42 Å². The minimum atomic E-state index is -3.45. The number of nitrogens with two attached hydrogens (primary N) is 1. The van der Waals surface area contributed by atoms with Crippen molar-refractivity contribution >= 4 is 10.0 Å². The SMILES string of the molecule is CCCN(CCN)S(=O)(=O)c1ccn[nH]1. The summed E-state index contributed by atoms with van der Waals surface area (Å²) in [6, 6.07) is 1.44. The van der Waals surface area contributed by atoms with E-state index in [9.17, 15) is 8.42 Å². The topological polar surface area (TPSA) is 92.1 Å². The van der Waals surface area contributed by atoms with Crippen LogP contribution in [0.5, 0.6) is 0 Å². The van der Waals surface area contributed by atoms with Gasteiger partial charge in [-0.3, -0.25) is 5.10 Å². The van der Waals surface area contributed by atoms with Gasteiger partial charge in [0.1, 0.15) is 0 Å². The van der Waals surface area contributed by atoms with Gasteiger partial charge in [0.15, 0.2) is 5.03 Å². The zero-order valence-corrected chi connectivity index (χ0v) is 9.50. The Morgan fingerprint density at radius 3 is 2.73 bits per heavy atom. The van der Waals surface area contributed by atoms with E-state index in [4.69, 9.17) is 5.73 Å². The van der Waals surface area contributed by atoms with Crippen molar-refractivity contribution in [1.29, 1.82) is 0 Å². The summed E-state index contributed by atoms with van der Waals surface area (Å²) in [5.74, 6) is 0. The van der Waals surface area contributed by atoms with Crippen LogP contribution in [-0.4, -0.2) is 42.6 Å². The molecule has 0 aromatic carbocycles. The van der Waals surface area contributed by atoms with Gasteiger partial charge in [-0.2, -0.15) is 9.40 Å². The van der Waals surface area contributed by atoms with Gasteiger partial charge in [0.05, 0.1) is 6.20 Å². The summed E-state index contributed by atoms with van der Waals surface area (Å²) in [6.07, 6.45) is 2.17. The van der Waals surface area contributed by atoms with E-state index in [2.05, 4.69) is 10.2 Å². The molecule has 0 amide bonds. The first-order chi connectivity index (χ1) is 7.12. The molecule has 0 atom stereocenters. The average molecular weight is 232 g/mol. The van der Waals surface area contributed by atoms with Crippen LogP contribution in [-0.2, 0) is 10.0 Å². The number of aromatic amines is 1. The number of nitrogens with zero attached hydrogens (tertiary/aromatic N) is 2. The van der Waals surface area contributed by atoms with Crippen LogP contribution < -0.4 is 5.73 Å².